The Balaban J connectivity index is 1.77. The van der Waals surface area contributed by atoms with Crippen LogP contribution < -0.4 is 5.32 Å². The summed E-state index contributed by atoms with van der Waals surface area (Å²) in [6.07, 6.45) is 3.67. The predicted molar refractivity (Wildman–Crippen MR) is 85.5 cm³/mol. The number of fused-ring (bicyclic) bond motifs is 1. The van der Waals surface area contributed by atoms with Gasteiger partial charge in [0.25, 0.3) is 5.91 Å². The number of aromatic nitrogens is 2. The van der Waals surface area contributed by atoms with Crippen molar-refractivity contribution in [3.8, 4) is 0 Å². The van der Waals surface area contributed by atoms with E-state index in [4.69, 9.17) is 0 Å². The van der Waals surface area contributed by atoms with Gasteiger partial charge in [0.15, 0.2) is 0 Å². The van der Waals surface area contributed by atoms with Gasteiger partial charge in [0.05, 0.1) is 17.3 Å². The maximum absolute atomic E-state index is 12.2. The third-order valence-electron chi connectivity index (χ3n) is 3.06. The summed E-state index contributed by atoms with van der Waals surface area (Å²) in [5.74, 6) is -0.0646. The summed E-state index contributed by atoms with van der Waals surface area (Å²) in [5, 5.41) is 7.19. The Bertz CT molecular complexity index is 766. The standard InChI is InChI=1S/C15H12IN3O/c16-13-6-2-1-5-12(13)15(20)17-9-11-10-18-19-8-4-3-7-14(11)19/h1-8,10H,9H2,(H,17,20). The smallest absolute Gasteiger partial charge is 0.252 e. The van der Waals surface area contributed by atoms with Crippen LogP contribution in [0.15, 0.2) is 54.9 Å². The molecule has 0 bridgehead atoms. The number of carbonyl (C=O) groups is 1. The molecule has 3 rings (SSSR count). The van der Waals surface area contributed by atoms with Crippen molar-refractivity contribution in [2.75, 3.05) is 0 Å². The zero-order valence-corrected chi connectivity index (χ0v) is 12.7. The molecule has 0 aliphatic heterocycles. The van der Waals surface area contributed by atoms with Crippen molar-refractivity contribution in [3.63, 3.8) is 0 Å². The van der Waals surface area contributed by atoms with Gasteiger partial charge in [-0.05, 0) is 46.9 Å². The van der Waals surface area contributed by atoms with Gasteiger partial charge in [0, 0.05) is 21.9 Å². The first-order valence-corrected chi connectivity index (χ1v) is 7.27. The number of benzene rings is 1. The van der Waals surface area contributed by atoms with E-state index in [1.807, 2.05) is 48.7 Å². The molecule has 1 N–H and O–H groups in total. The molecule has 2 heterocycles. The normalized spacial score (nSPS) is 10.7. The van der Waals surface area contributed by atoms with Gasteiger partial charge in [-0.2, -0.15) is 5.10 Å². The second kappa shape index (κ2) is 5.62. The third-order valence-corrected chi connectivity index (χ3v) is 4.00. The van der Waals surface area contributed by atoms with Crippen LogP contribution in [0.4, 0.5) is 0 Å². The molecule has 0 aliphatic rings. The fourth-order valence-electron chi connectivity index (χ4n) is 2.04. The van der Waals surface area contributed by atoms with Gasteiger partial charge in [-0.1, -0.05) is 18.2 Å². The maximum Gasteiger partial charge on any atom is 0.252 e. The third kappa shape index (κ3) is 2.53. The molecule has 0 atom stereocenters. The Morgan fingerprint density at radius 3 is 2.85 bits per heavy atom. The Labute approximate surface area is 129 Å². The van der Waals surface area contributed by atoms with Crippen LogP contribution in [-0.2, 0) is 6.54 Å². The number of carbonyl (C=O) groups excluding carboxylic acids is 1. The number of hydrogen-bond acceptors (Lipinski definition) is 2. The largest absolute Gasteiger partial charge is 0.348 e. The topological polar surface area (TPSA) is 46.4 Å². The quantitative estimate of drug-likeness (QED) is 0.714. The predicted octanol–water partition coefficient (Wildman–Crippen LogP) is 2.87. The summed E-state index contributed by atoms with van der Waals surface area (Å²) in [4.78, 5) is 12.2. The molecule has 1 aromatic carbocycles. The number of nitrogens with zero attached hydrogens (tertiary/aromatic N) is 2. The second-order valence-corrected chi connectivity index (χ2v) is 5.52. The van der Waals surface area contributed by atoms with Crippen LogP contribution in [0.2, 0.25) is 0 Å². The lowest BCUT2D eigenvalue weighted by molar-refractivity contribution is 0.0950. The molecule has 0 spiro atoms. The molecule has 2 aromatic heterocycles. The molecule has 0 unspecified atom stereocenters. The van der Waals surface area contributed by atoms with Crippen LogP contribution in [0.5, 0.6) is 0 Å². The SMILES string of the molecule is O=C(NCc1cnn2ccccc12)c1ccccc1I. The number of halogens is 1. The van der Waals surface area contributed by atoms with Crippen LogP contribution in [0, 0.1) is 3.57 Å². The first kappa shape index (κ1) is 13.1. The summed E-state index contributed by atoms with van der Waals surface area (Å²) in [6, 6.07) is 13.4. The van der Waals surface area contributed by atoms with Crippen molar-refractivity contribution >= 4 is 34.0 Å². The molecule has 4 nitrogen and oxygen atoms in total. The van der Waals surface area contributed by atoms with Crippen LogP contribution in [-0.4, -0.2) is 15.5 Å². The van der Waals surface area contributed by atoms with E-state index in [1.165, 1.54) is 0 Å². The van der Waals surface area contributed by atoms with E-state index in [1.54, 1.807) is 10.7 Å². The second-order valence-electron chi connectivity index (χ2n) is 4.36. The summed E-state index contributed by atoms with van der Waals surface area (Å²) in [5.41, 5.74) is 2.71. The van der Waals surface area contributed by atoms with Gasteiger partial charge >= 0.3 is 0 Å². The lowest BCUT2D eigenvalue weighted by atomic mass is 10.2. The number of amides is 1. The minimum atomic E-state index is -0.0646. The van der Waals surface area contributed by atoms with Crippen molar-refractivity contribution in [1.29, 1.82) is 0 Å². The highest BCUT2D eigenvalue weighted by molar-refractivity contribution is 14.1. The fraction of sp³-hybridized carbons (Fsp3) is 0.0667. The lowest BCUT2D eigenvalue weighted by Gasteiger charge is -2.06. The highest BCUT2D eigenvalue weighted by Crippen LogP contribution is 2.13. The molecule has 100 valence electrons. The van der Waals surface area contributed by atoms with E-state index in [-0.39, 0.29) is 5.91 Å². The summed E-state index contributed by atoms with van der Waals surface area (Å²) < 4.78 is 2.75. The monoisotopic (exact) mass is 377 g/mol. The Kier molecular flexibility index (Phi) is 3.68. The average Bonchev–Trinajstić information content (AvgIpc) is 2.88. The zero-order valence-electron chi connectivity index (χ0n) is 10.6. The van der Waals surface area contributed by atoms with Crippen molar-refractivity contribution in [3.05, 3.63) is 69.6 Å². The van der Waals surface area contributed by atoms with E-state index < -0.39 is 0 Å². The Hall–Kier alpha value is -1.89. The van der Waals surface area contributed by atoms with E-state index in [0.29, 0.717) is 12.1 Å². The van der Waals surface area contributed by atoms with Crippen molar-refractivity contribution in [2.45, 2.75) is 6.54 Å². The van der Waals surface area contributed by atoms with Crippen molar-refractivity contribution < 1.29 is 4.79 Å². The lowest BCUT2D eigenvalue weighted by Crippen LogP contribution is -2.23. The molecule has 5 heteroatoms. The first-order valence-electron chi connectivity index (χ1n) is 6.19. The van der Waals surface area contributed by atoms with Crippen LogP contribution >= 0.6 is 22.6 Å². The van der Waals surface area contributed by atoms with Crippen LogP contribution in [0.3, 0.4) is 0 Å². The van der Waals surface area contributed by atoms with Gasteiger partial charge in [0.2, 0.25) is 0 Å². The first-order chi connectivity index (χ1) is 9.75. The zero-order chi connectivity index (χ0) is 13.9. The van der Waals surface area contributed by atoms with Crippen molar-refractivity contribution in [2.24, 2.45) is 0 Å². The molecule has 0 aliphatic carbocycles. The number of nitrogens with one attached hydrogen (secondary N) is 1. The molecular weight excluding hydrogens is 365 g/mol. The summed E-state index contributed by atoms with van der Waals surface area (Å²) >= 11 is 2.17. The van der Waals surface area contributed by atoms with Crippen LogP contribution in [0.1, 0.15) is 15.9 Å². The highest BCUT2D eigenvalue weighted by atomic mass is 127. The minimum Gasteiger partial charge on any atom is -0.348 e. The molecule has 0 radical (unpaired) electrons. The van der Waals surface area contributed by atoms with Gasteiger partial charge in [-0.25, -0.2) is 4.52 Å². The molecule has 1 amide bonds. The number of pyridine rings is 1. The van der Waals surface area contributed by atoms with E-state index in [0.717, 1.165) is 14.7 Å². The maximum atomic E-state index is 12.2. The summed E-state index contributed by atoms with van der Waals surface area (Å²) in [6.45, 7) is 0.470. The van der Waals surface area contributed by atoms with Crippen molar-refractivity contribution in [1.82, 2.24) is 14.9 Å². The number of rotatable bonds is 3. The van der Waals surface area contributed by atoms with Gasteiger partial charge < -0.3 is 5.32 Å². The van der Waals surface area contributed by atoms with E-state index >= 15 is 0 Å². The molecule has 3 aromatic rings. The average molecular weight is 377 g/mol. The highest BCUT2D eigenvalue weighted by Gasteiger charge is 2.10. The summed E-state index contributed by atoms with van der Waals surface area (Å²) in [7, 11) is 0. The molecule has 0 saturated heterocycles. The molecule has 0 fully saturated rings. The van der Waals surface area contributed by atoms with Gasteiger partial charge in [0.1, 0.15) is 0 Å². The van der Waals surface area contributed by atoms with E-state index in [9.17, 15) is 4.79 Å². The number of hydrogen-bond donors (Lipinski definition) is 1. The minimum absolute atomic E-state index is 0.0646. The van der Waals surface area contributed by atoms with E-state index in [2.05, 4.69) is 33.0 Å². The van der Waals surface area contributed by atoms with Gasteiger partial charge in [-0.15, -0.1) is 0 Å². The molecular formula is C15H12IN3O. The van der Waals surface area contributed by atoms with Crippen LogP contribution in [0.25, 0.3) is 5.52 Å². The Morgan fingerprint density at radius 2 is 2.00 bits per heavy atom. The van der Waals surface area contributed by atoms with Gasteiger partial charge in [-0.3, -0.25) is 4.79 Å². The molecule has 20 heavy (non-hydrogen) atoms. The Morgan fingerprint density at radius 1 is 1.20 bits per heavy atom. The molecule has 0 saturated carbocycles. The fourth-order valence-corrected chi connectivity index (χ4v) is 2.67.